The van der Waals surface area contributed by atoms with Crippen molar-refractivity contribution >= 4 is 17.7 Å². The highest BCUT2D eigenvalue weighted by Gasteiger charge is 2.18. The molecule has 1 rings (SSSR count). The van der Waals surface area contributed by atoms with Gasteiger partial charge < -0.3 is 5.32 Å². The summed E-state index contributed by atoms with van der Waals surface area (Å²) in [6, 6.07) is 0. The summed E-state index contributed by atoms with van der Waals surface area (Å²) < 4.78 is 0. The quantitative estimate of drug-likeness (QED) is 0.449. The van der Waals surface area contributed by atoms with Crippen molar-refractivity contribution in [3.63, 3.8) is 0 Å². The molecule has 5 heteroatoms. The van der Waals surface area contributed by atoms with Crippen LogP contribution in [0.15, 0.2) is 5.03 Å². The molecule has 0 spiro atoms. The molecule has 0 saturated heterocycles. The Morgan fingerprint density at radius 3 is 2.52 bits per heavy atom. The summed E-state index contributed by atoms with van der Waals surface area (Å²) in [6.07, 6.45) is 6.56. The van der Waals surface area contributed by atoms with Gasteiger partial charge in [-0.05, 0) is 19.6 Å². The van der Waals surface area contributed by atoms with Crippen molar-refractivity contribution in [2.45, 2.75) is 64.3 Å². The lowest BCUT2D eigenvalue weighted by atomic mass is 10.1. The molecule has 0 atom stereocenters. The van der Waals surface area contributed by atoms with Crippen LogP contribution in [0.3, 0.4) is 0 Å². The number of amides is 1. The number of carbonyl (C=O) groups excluding carboxylic acids is 1. The minimum atomic E-state index is -0.0522. The number of thioether (sulfide) groups is 1. The molecule has 0 unspecified atom stereocenters. The summed E-state index contributed by atoms with van der Waals surface area (Å²) in [5.41, 5.74) is 1.39. The van der Waals surface area contributed by atoms with E-state index in [1.807, 2.05) is 13.2 Å². The Hall–Kier alpha value is -1.10. The third kappa shape index (κ3) is 5.30. The summed E-state index contributed by atoms with van der Waals surface area (Å²) in [5.74, 6) is 1.01. The van der Waals surface area contributed by atoms with Gasteiger partial charge in [0.15, 0.2) is 0 Å². The number of hydrogen-bond donors (Lipinski definition) is 1. The lowest BCUT2D eigenvalue weighted by Gasteiger charge is -2.13. The van der Waals surface area contributed by atoms with Gasteiger partial charge in [-0.3, -0.25) is 4.79 Å². The summed E-state index contributed by atoms with van der Waals surface area (Å²) in [7, 11) is 0. The van der Waals surface area contributed by atoms with E-state index in [-0.39, 0.29) is 11.8 Å². The molecule has 0 aromatic carbocycles. The molecule has 21 heavy (non-hydrogen) atoms. The fourth-order valence-corrected chi connectivity index (χ4v) is 2.71. The first kappa shape index (κ1) is 18.0. The average molecular weight is 309 g/mol. The van der Waals surface area contributed by atoms with Crippen molar-refractivity contribution in [3.8, 4) is 0 Å². The van der Waals surface area contributed by atoms with Gasteiger partial charge >= 0.3 is 0 Å². The molecule has 4 nitrogen and oxygen atoms in total. The number of carbonyl (C=O) groups is 1. The molecule has 1 amide bonds. The third-order valence-electron chi connectivity index (χ3n) is 3.33. The molecule has 0 saturated carbocycles. The maximum atomic E-state index is 12.4. The zero-order valence-electron chi connectivity index (χ0n) is 13.8. The maximum absolute atomic E-state index is 12.4. The summed E-state index contributed by atoms with van der Waals surface area (Å²) in [5, 5.41) is 3.77. The van der Waals surface area contributed by atoms with Crippen LogP contribution < -0.4 is 5.32 Å². The molecular weight excluding hydrogens is 282 g/mol. The second-order valence-electron chi connectivity index (χ2n) is 5.52. The monoisotopic (exact) mass is 309 g/mol. The highest BCUT2D eigenvalue weighted by atomic mass is 32.2. The Morgan fingerprint density at radius 2 is 1.95 bits per heavy atom. The topological polar surface area (TPSA) is 54.9 Å². The van der Waals surface area contributed by atoms with Gasteiger partial charge in [-0.25, -0.2) is 9.97 Å². The Bertz CT molecular complexity index is 475. The predicted octanol–water partition coefficient (Wildman–Crippen LogP) is 3.94. The van der Waals surface area contributed by atoms with Gasteiger partial charge in [0, 0.05) is 12.5 Å². The van der Waals surface area contributed by atoms with Crippen molar-refractivity contribution in [1.82, 2.24) is 15.3 Å². The van der Waals surface area contributed by atoms with Gasteiger partial charge in [0.05, 0.1) is 11.3 Å². The van der Waals surface area contributed by atoms with E-state index >= 15 is 0 Å². The molecule has 1 aromatic heterocycles. The van der Waals surface area contributed by atoms with E-state index in [4.69, 9.17) is 0 Å². The molecule has 0 radical (unpaired) electrons. The molecule has 1 N–H and O–H groups in total. The smallest absolute Gasteiger partial charge is 0.255 e. The van der Waals surface area contributed by atoms with Gasteiger partial charge in [0.2, 0.25) is 0 Å². The van der Waals surface area contributed by atoms with E-state index in [0.29, 0.717) is 5.56 Å². The van der Waals surface area contributed by atoms with Crippen molar-refractivity contribution < 1.29 is 4.79 Å². The first-order valence-corrected chi connectivity index (χ1v) is 8.94. The SMILES string of the molecule is CCCCCCNC(=O)c1c(C)nc(C(C)C)nc1SC. The molecule has 0 bridgehead atoms. The van der Waals surface area contributed by atoms with Gasteiger partial charge in [0.25, 0.3) is 5.91 Å². The molecule has 1 heterocycles. The minimum absolute atomic E-state index is 0.0522. The maximum Gasteiger partial charge on any atom is 0.255 e. The standard InChI is InChI=1S/C16H27N3OS/c1-6-7-8-9-10-17-15(20)13-12(4)18-14(11(2)3)19-16(13)21-5/h11H,6-10H2,1-5H3,(H,17,20). The molecule has 0 aliphatic rings. The fourth-order valence-electron chi connectivity index (χ4n) is 2.08. The number of unbranched alkanes of at least 4 members (excludes halogenated alkanes) is 3. The van der Waals surface area contributed by atoms with E-state index in [9.17, 15) is 4.79 Å². The number of nitrogens with one attached hydrogen (secondary N) is 1. The van der Waals surface area contributed by atoms with Gasteiger partial charge in [-0.1, -0.05) is 40.0 Å². The van der Waals surface area contributed by atoms with Crippen LogP contribution in [0, 0.1) is 6.92 Å². The predicted molar refractivity (Wildman–Crippen MR) is 89.1 cm³/mol. The fraction of sp³-hybridized carbons (Fsp3) is 0.688. The second-order valence-corrected chi connectivity index (χ2v) is 6.32. The van der Waals surface area contributed by atoms with Crippen molar-refractivity contribution in [3.05, 3.63) is 17.1 Å². The molecule has 0 aliphatic carbocycles. The lowest BCUT2D eigenvalue weighted by Crippen LogP contribution is -2.27. The van der Waals surface area contributed by atoms with Gasteiger partial charge in [-0.15, -0.1) is 11.8 Å². The Kier molecular flexibility index (Phi) is 7.72. The largest absolute Gasteiger partial charge is 0.352 e. The highest BCUT2D eigenvalue weighted by molar-refractivity contribution is 7.98. The lowest BCUT2D eigenvalue weighted by molar-refractivity contribution is 0.0948. The van der Waals surface area contributed by atoms with Crippen LogP contribution in [0.25, 0.3) is 0 Å². The van der Waals surface area contributed by atoms with Crippen LogP contribution in [-0.2, 0) is 0 Å². The molecule has 1 aromatic rings. The zero-order chi connectivity index (χ0) is 15.8. The number of aromatic nitrogens is 2. The number of rotatable bonds is 8. The third-order valence-corrected chi connectivity index (χ3v) is 4.01. The number of nitrogens with zero attached hydrogens (tertiary/aromatic N) is 2. The first-order chi connectivity index (χ1) is 10.0. The summed E-state index contributed by atoms with van der Waals surface area (Å²) in [4.78, 5) is 21.4. The number of aryl methyl sites for hydroxylation is 1. The van der Waals surface area contributed by atoms with E-state index < -0.39 is 0 Å². The molecule has 0 fully saturated rings. The van der Waals surface area contributed by atoms with Gasteiger partial charge in [0.1, 0.15) is 10.9 Å². The van der Waals surface area contributed by atoms with Crippen LogP contribution in [0.2, 0.25) is 0 Å². The van der Waals surface area contributed by atoms with Crippen LogP contribution >= 0.6 is 11.8 Å². The Balaban J connectivity index is 2.79. The van der Waals surface area contributed by atoms with Crippen LogP contribution in [0.4, 0.5) is 0 Å². The van der Waals surface area contributed by atoms with Crippen molar-refractivity contribution in [2.75, 3.05) is 12.8 Å². The van der Waals surface area contributed by atoms with Crippen molar-refractivity contribution in [2.24, 2.45) is 0 Å². The van der Waals surface area contributed by atoms with Crippen molar-refractivity contribution in [1.29, 1.82) is 0 Å². The second kappa shape index (κ2) is 9.03. The normalized spacial score (nSPS) is 11.0. The van der Waals surface area contributed by atoms with Gasteiger partial charge in [-0.2, -0.15) is 0 Å². The molecular formula is C16H27N3OS. The van der Waals surface area contributed by atoms with Crippen LogP contribution in [0.5, 0.6) is 0 Å². The Labute approximate surface area is 132 Å². The average Bonchev–Trinajstić information content (AvgIpc) is 2.45. The molecule has 118 valence electrons. The summed E-state index contributed by atoms with van der Waals surface area (Å²) in [6.45, 7) is 8.91. The number of hydrogen-bond acceptors (Lipinski definition) is 4. The highest BCUT2D eigenvalue weighted by Crippen LogP contribution is 2.23. The first-order valence-electron chi connectivity index (χ1n) is 7.71. The van der Waals surface area contributed by atoms with E-state index in [2.05, 4.69) is 36.1 Å². The van der Waals surface area contributed by atoms with E-state index in [1.165, 1.54) is 24.6 Å². The minimum Gasteiger partial charge on any atom is -0.352 e. The van der Waals surface area contributed by atoms with E-state index in [1.54, 1.807) is 0 Å². The van der Waals surface area contributed by atoms with E-state index in [0.717, 1.165) is 35.9 Å². The zero-order valence-corrected chi connectivity index (χ0v) is 14.6. The Morgan fingerprint density at radius 1 is 1.24 bits per heavy atom. The van der Waals surface area contributed by atoms with Crippen LogP contribution in [0.1, 0.15) is 74.2 Å². The summed E-state index contributed by atoms with van der Waals surface area (Å²) >= 11 is 1.50. The molecule has 0 aliphatic heterocycles. The van der Waals surface area contributed by atoms with Crippen LogP contribution in [-0.4, -0.2) is 28.7 Å².